The molecular formula is C27H24N8O4. The van der Waals surface area contributed by atoms with Crippen LogP contribution in [0.2, 0.25) is 0 Å². The molecule has 1 saturated heterocycles. The Morgan fingerprint density at radius 1 is 1.10 bits per heavy atom. The van der Waals surface area contributed by atoms with Gasteiger partial charge in [0.15, 0.2) is 5.82 Å². The Bertz CT molecular complexity index is 1690. The molecule has 1 amide bonds. The van der Waals surface area contributed by atoms with Crippen LogP contribution in [0.25, 0.3) is 22.3 Å². The van der Waals surface area contributed by atoms with Gasteiger partial charge >= 0.3 is 0 Å². The third-order valence-corrected chi connectivity index (χ3v) is 6.76. The minimum absolute atomic E-state index is 0.211. The van der Waals surface area contributed by atoms with E-state index in [1.807, 2.05) is 30.3 Å². The van der Waals surface area contributed by atoms with Crippen molar-refractivity contribution in [2.24, 2.45) is 0 Å². The molecule has 39 heavy (non-hydrogen) atoms. The van der Waals surface area contributed by atoms with E-state index in [1.165, 1.54) is 36.8 Å². The average Bonchev–Trinajstić information content (AvgIpc) is 3.75. The highest BCUT2D eigenvalue weighted by atomic mass is 16.5. The van der Waals surface area contributed by atoms with Crippen LogP contribution in [-0.4, -0.2) is 71.7 Å². The minimum atomic E-state index is -0.626. The highest BCUT2D eigenvalue weighted by Gasteiger charge is 2.31. The number of piperidine rings is 1. The van der Waals surface area contributed by atoms with E-state index >= 15 is 0 Å². The lowest BCUT2D eigenvalue weighted by atomic mass is 9.92. The number of nitrogens with one attached hydrogen (secondary N) is 1. The Hall–Kier alpha value is -5.13. The molecule has 4 aromatic heterocycles. The van der Waals surface area contributed by atoms with E-state index in [0.29, 0.717) is 60.2 Å². The maximum Gasteiger partial charge on any atom is 0.295 e. The number of carbonyl (C=O) groups is 2. The fraction of sp³-hybridized carbons (Fsp3) is 0.222. The molecule has 1 aromatic carbocycles. The number of benzene rings is 1. The first-order valence-electron chi connectivity index (χ1n) is 12.4. The Balaban J connectivity index is 1.28. The minimum Gasteiger partial charge on any atom is -0.494 e. The van der Waals surface area contributed by atoms with E-state index < -0.39 is 11.7 Å². The molecule has 1 N–H and O–H groups in total. The number of hydrogen-bond donors (Lipinski definition) is 1. The summed E-state index contributed by atoms with van der Waals surface area (Å²) in [6.45, 7) is 2.52. The van der Waals surface area contributed by atoms with E-state index in [2.05, 4.69) is 30.2 Å². The van der Waals surface area contributed by atoms with E-state index in [-0.39, 0.29) is 5.56 Å². The zero-order chi connectivity index (χ0) is 26.9. The number of nitrogens with zero attached hydrogens (tertiary/aromatic N) is 7. The second-order valence-electron chi connectivity index (χ2n) is 9.03. The molecule has 0 unspecified atom stereocenters. The molecule has 0 spiro atoms. The van der Waals surface area contributed by atoms with Crippen molar-refractivity contribution in [3.05, 3.63) is 83.9 Å². The molecule has 1 aliphatic heterocycles. The smallest absolute Gasteiger partial charge is 0.295 e. The van der Waals surface area contributed by atoms with E-state index in [0.717, 1.165) is 16.7 Å². The normalized spacial score (nSPS) is 13.6. The van der Waals surface area contributed by atoms with Crippen molar-refractivity contribution in [1.82, 2.24) is 39.8 Å². The number of aromatic nitrogens is 7. The summed E-state index contributed by atoms with van der Waals surface area (Å²) in [6.07, 6.45) is 7.04. The van der Waals surface area contributed by atoms with Crippen molar-refractivity contribution in [3.63, 3.8) is 0 Å². The Morgan fingerprint density at radius 2 is 1.90 bits per heavy atom. The largest absolute Gasteiger partial charge is 0.494 e. The lowest BCUT2D eigenvalue weighted by molar-refractivity contribution is -0.126. The van der Waals surface area contributed by atoms with Crippen LogP contribution in [0.15, 0.2) is 65.4 Å². The van der Waals surface area contributed by atoms with Crippen molar-refractivity contribution in [3.8, 4) is 11.6 Å². The molecule has 196 valence electrons. The van der Waals surface area contributed by atoms with Crippen molar-refractivity contribution in [2.45, 2.75) is 19.8 Å². The van der Waals surface area contributed by atoms with Gasteiger partial charge in [0.05, 0.1) is 29.8 Å². The number of methoxy groups -OCH3 is 1. The van der Waals surface area contributed by atoms with Gasteiger partial charge in [0.2, 0.25) is 11.8 Å². The molecule has 5 aromatic rings. The number of fused-ring (bicyclic) bond motifs is 1. The lowest BCUT2D eigenvalue weighted by Crippen LogP contribution is -2.40. The van der Waals surface area contributed by atoms with E-state index in [9.17, 15) is 9.59 Å². The zero-order valence-corrected chi connectivity index (χ0v) is 21.3. The predicted octanol–water partition coefficient (Wildman–Crippen LogP) is 3.15. The topological polar surface area (TPSA) is 145 Å². The van der Waals surface area contributed by atoms with Gasteiger partial charge in [-0.3, -0.25) is 9.59 Å². The summed E-state index contributed by atoms with van der Waals surface area (Å²) in [5, 5.41) is 12.8. The van der Waals surface area contributed by atoms with Gasteiger partial charge in [0, 0.05) is 31.8 Å². The van der Waals surface area contributed by atoms with Gasteiger partial charge in [0.25, 0.3) is 11.7 Å². The van der Waals surface area contributed by atoms with Crippen molar-refractivity contribution in [1.29, 1.82) is 0 Å². The third-order valence-electron chi connectivity index (χ3n) is 6.76. The van der Waals surface area contributed by atoms with Gasteiger partial charge in [-0.05, 0) is 18.4 Å². The van der Waals surface area contributed by atoms with Crippen molar-refractivity contribution < 1.29 is 18.7 Å². The van der Waals surface area contributed by atoms with Gasteiger partial charge in [-0.2, -0.15) is 5.10 Å². The number of hydrogen-bond acceptors (Lipinski definition) is 9. The summed E-state index contributed by atoms with van der Waals surface area (Å²) >= 11 is 0. The molecule has 0 radical (unpaired) electrons. The van der Waals surface area contributed by atoms with Crippen LogP contribution in [-0.2, 0) is 4.79 Å². The Morgan fingerprint density at radius 3 is 2.56 bits per heavy atom. The number of aromatic amines is 1. The second kappa shape index (κ2) is 9.97. The molecule has 0 bridgehead atoms. The Kier molecular flexibility index (Phi) is 6.19. The monoisotopic (exact) mass is 524 g/mol. The number of pyridine rings is 1. The number of rotatable bonds is 6. The summed E-state index contributed by atoms with van der Waals surface area (Å²) in [6, 6.07) is 9.85. The number of Topliss-reactive ketones (excluding diaryl/α,β-unsaturated/α-hetero) is 1. The van der Waals surface area contributed by atoms with Crippen LogP contribution >= 0.6 is 0 Å². The molecule has 6 rings (SSSR count). The summed E-state index contributed by atoms with van der Waals surface area (Å²) in [7, 11) is 1.49. The number of carbonyl (C=O) groups excluding carboxylic acids is 2. The maximum absolute atomic E-state index is 13.5. The first-order valence-corrected chi connectivity index (χ1v) is 12.4. The summed E-state index contributed by atoms with van der Waals surface area (Å²) < 4.78 is 12.7. The summed E-state index contributed by atoms with van der Waals surface area (Å²) in [5.41, 5.74) is 3.67. The number of ketones is 1. The zero-order valence-electron chi connectivity index (χ0n) is 21.3. The van der Waals surface area contributed by atoms with Gasteiger partial charge in [-0.15, -0.1) is 10.2 Å². The molecule has 0 atom stereocenters. The van der Waals surface area contributed by atoms with Crippen LogP contribution in [0.3, 0.4) is 0 Å². The van der Waals surface area contributed by atoms with Crippen molar-refractivity contribution >= 4 is 28.2 Å². The van der Waals surface area contributed by atoms with Crippen LogP contribution in [0.1, 0.15) is 40.5 Å². The van der Waals surface area contributed by atoms with Gasteiger partial charge < -0.3 is 19.0 Å². The van der Waals surface area contributed by atoms with Gasteiger partial charge in [-0.1, -0.05) is 35.9 Å². The number of amides is 1. The van der Waals surface area contributed by atoms with Crippen LogP contribution in [0, 0.1) is 6.92 Å². The molecule has 1 fully saturated rings. The fourth-order valence-corrected chi connectivity index (χ4v) is 4.90. The molecule has 1 aliphatic rings. The van der Waals surface area contributed by atoms with Crippen molar-refractivity contribution in [2.75, 3.05) is 20.2 Å². The van der Waals surface area contributed by atoms with Gasteiger partial charge in [0.1, 0.15) is 18.4 Å². The predicted molar refractivity (Wildman–Crippen MR) is 139 cm³/mol. The third kappa shape index (κ3) is 4.35. The van der Waals surface area contributed by atoms with Crippen LogP contribution < -0.4 is 4.74 Å². The first-order chi connectivity index (χ1) is 19.0. The molecule has 12 nitrogen and oxygen atoms in total. The SMILES string of the molecule is COc1cnc(-n2cncn2)c2[nH]cc(C(=O)C(=O)N3CCC(=C(c4ccccc4)c4nnc(C)o4)CC3)c12. The molecular weight excluding hydrogens is 500 g/mol. The fourth-order valence-electron chi connectivity index (χ4n) is 4.90. The lowest BCUT2D eigenvalue weighted by Gasteiger charge is -2.29. The quantitative estimate of drug-likeness (QED) is 0.261. The maximum atomic E-state index is 13.5. The van der Waals surface area contributed by atoms with Crippen LogP contribution in [0.5, 0.6) is 5.75 Å². The number of ether oxygens (including phenoxy) is 1. The molecule has 0 aliphatic carbocycles. The number of aryl methyl sites for hydroxylation is 1. The van der Waals surface area contributed by atoms with Gasteiger partial charge in [-0.25, -0.2) is 14.6 Å². The van der Waals surface area contributed by atoms with Crippen LogP contribution in [0.4, 0.5) is 0 Å². The molecule has 12 heteroatoms. The highest BCUT2D eigenvalue weighted by Crippen LogP contribution is 2.34. The number of likely N-dealkylation sites (tertiary alicyclic amines) is 1. The molecule has 0 saturated carbocycles. The first kappa shape index (κ1) is 24.2. The summed E-state index contributed by atoms with van der Waals surface area (Å²) in [4.78, 5) is 39.9. The standard InChI is InChI=1S/C27H24N8O4/c1-16-32-33-26(39-16)21(17-6-4-3-5-7-17)18-8-10-34(11-9-18)27(37)24(36)19-12-29-23-22(19)20(38-2)13-30-25(23)35-15-28-14-31-35/h3-7,12-15,29H,8-11H2,1-2H3. The average molecular weight is 525 g/mol. The van der Waals surface area contributed by atoms with E-state index in [4.69, 9.17) is 9.15 Å². The summed E-state index contributed by atoms with van der Waals surface area (Å²) in [5.74, 6) is 0.537. The molecule has 5 heterocycles. The highest BCUT2D eigenvalue weighted by molar-refractivity contribution is 6.45. The number of H-pyrrole nitrogens is 1. The van der Waals surface area contributed by atoms with E-state index in [1.54, 1.807) is 11.8 Å². The second-order valence-corrected chi connectivity index (χ2v) is 9.03. The Labute approximate surface area is 222 Å².